The predicted octanol–water partition coefficient (Wildman–Crippen LogP) is 5.94. The molecule has 2 atom stereocenters. The monoisotopic (exact) mass is 537 g/mol. The molecule has 33 heavy (non-hydrogen) atoms. The van der Waals surface area contributed by atoms with E-state index in [-0.39, 0.29) is 23.2 Å². The smallest absolute Gasteiger partial charge is 0.410 e. The minimum absolute atomic E-state index is 0.109. The second-order valence-electron chi connectivity index (χ2n) is 11.9. The molecule has 0 aromatic carbocycles. The van der Waals surface area contributed by atoms with Crippen molar-refractivity contribution in [2.75, 3.05) is 18.0 Å². The van der Waals surface area contributed by atoms with Gasteiger partial charge >= 0.3 is 6.09 Å². The summed E-state index contributed by atoms with van der Waals surface area (Å²) in [5.74, 6) is 1.56. The molecular weight excluding hydrogens is 498 g/mol. The lowest BCUT2D eigenvalue weighted by molar-refractivity contribution is 0.0191. The maximum absolute atomic E-state index is 12.7. The first-order valence-corrected chi connectivity index (χ1v) is 13.6. The van der Waals surface area contributed by atoms with Crippen molar-refractivity contribution in [2.45, 2.75) is 104 Å². The Kier molecular flexibility index (Phi) is 7.34. The van der Waals surface area contributed by atoms with Crippen molar-refractivity contribution in [3.63, 3.8) is 0 Å². The molecule has 0 spiro atoms. The zero-order valence-corrected chi connectivity index (χ0v) is 24.5. The summed E-state index contributed by atoms with van der Waals surface area (Å²) in [7, 11) is 0.374. The molecule has 2 aliphatic rings. The minimum atomic E-state index is -0.516. The maximum Gasteiger partial charge on any atom is 0.410 e. The van der Waals surface area contributed by atoms with E-state index >= 15 is 0 Å². The van der Waals surface area contributed by atoms with E-state index in [1.165, 1.54) is 5.56 Å². The number of hydrogen-bond acceptors (Lipinski definition) is 5. The highest BCUT2D eigenvalue weighted by molar-refractivity contribution is 9.10. The van der Waals surface area contributed by atoms with Gasteiger partial charge in [0.25, 0.3) is 0 Å². The Balaban J connectivity index is 1.82. The Hall–Kier alpha value is -1.12. The standard InChI is InChI=1S/C25H40BrN3O3Si/c1-15(2)25(9,10)33-32-24(7,8)20-19(26)12-17-11-18-14-28(22(30)31-23(4,5)6)13-16(3)29(18)21(17)27-20/h12,15-16,18H,11,13-14H2,1-10H3/t16-,18-/m1/s1. The summed E-state index contributed by atoms with van der Waals surface area (Å²) in [6.45, 7) is 22.4. The number of fused-ring (bicyclic) bond motifs is 3. The number of pyridine rings is 1. The van der Waals surface area contributed by atoms with E-state index in [2.05, 4.69) is 75.4 Å². The van der Waals surface area contributed by atoms with Crippen molar-refractivity contribution in [2.24, 2.45) is 5.92 Å². The molecule has 0 aliphatic carbocycles. The zero-order valence-electron chi connectivity index (χ0n) is 21.9. The van der Waals surface area contributed by atoms with Crippen LogP contribution < -0.4 is 4.90 Å². The van der Waals surface area contributed by atoms with Gasteiger partial charge in [-0.15, -0.1) is 0 Å². The molecule has 1 aromatic rings. The summed E-state index contributed by atoms with van der Waals surface area (Å²) in [4.78, 5) is 22.1. The molecule has 184 valence electrons. The number of anilines is 1. The molecule has 0 unspecified atom stereocenters. The van der Waals surface area contributed by atoms with Gasteiger partial charge in [-0.25, -0.2) is 9.78 Å². The fraction of sp³-hybridized carbons (Fsp3) is 0.760. The van der Waals surface area contributed by atoms with Gasteiger partial charge in [-0.1, -0.05) is 27.7 Å². The molecular formula is C25H40BrN3O3Si. The van der Waals surface area contributed by atoms with E-state index in [4.69, 9.17) is 14.1 Å². The number of piperazine rings is 1. The van der Waals surface area contributed by atoms with Crippen LogP contribution in [0.25, 0.3) is 0 Å². The highest BCUT2D eigenvalue weighted by Crippen LogP contribution is 2.42. The van der Waals surface area contributed by atoms with Crippen LogP contribution in [0, 0.1) is 5.92 Å². The number of carbonyl (C=O) groups is 1. The average molecular weight is 539 g/mol. The molecule has 3 heterocycles. The van der Waals surface area contributed by atoms with E-state index in [0.717, 1.165) is 22.4 Å². The number of rotatable bonds is 5. The van der Waals surface area contributed by atoms with Crippen molar-refractivity contribution in [1.29, 1.82) is 0 Å². The summed E-state index contributed by atoms with van der Waals surface area (Å²) in [6, 6.07) is 2.56. The molecule has 0 saturated carbocycles. The van der Waals surface area contributed by atoms with E-state index in [1.807, 2.05) is 25.7 Å². The van der Waals surface area contributed by atoms with E-state index in [0.29, 0.717) is 28.8 Å². The van der Waals surface area contributed by atoms with Crippen molar-refractivity contribution in [3.05, 3.63) is 21.8 Å². The molecule has 0 N–H and O–H groups in total. The van der Waals surface area contributed by atoms with Gasteiger partial charge in [-0.2, -0.15) is 0 Å². The lowest BCUT2D eigenvalue weighted by Crippen LogP contribution is -2.58. The van der Waals surface area contributed by atoms with Crippen LogP contribution in [-0.4, -0.2) is 56.5 Å². The lowest BCUT2D eigenvalue weighted by Gasteiger charge is -2.43. The normalized spacial score (nSPS) is 21.3. The first-order valence-electron chi connectivity index (χ1n) is 11.9. The van der Waals surface area contributed by atoms with Crippen molar-refractivity contribution >= 4 is 37.6 Å². The van der Waals surface area contributed by atoms with Crippen molar-refractivity contribution in [1.82, 2.24) is 9.88 Å². The average Bonchev–Trinajstić information content (AvgIpc) is 3.02. The van der Waals surface area contributed by atoms with E-state index in [1.54, 1.807) is 0 Å². The van der Waals surface area contributed by atoms with Crippen LogP contribution in [0.2, 0.25) is 5.04 Å². The first-order chi connectivity index (χ1) is 15.0. The second kappa shape index (κ2) is 9.15. The summed E-state index contributed by atoms with van der Waals surface area (Å²) >= 11 is 3.78. The van der Waals surface area contributed by atoms with Gasteiger partial charge in [0.1, 0.15) is 11.4 Å². The number of hydrogen-bond donors (Lipinski definition) is 0. The quantitative estimate of drug-likeness (QED) is 0.435. The fourth-order valence-corrected chi connectivity index (χ4v) is 5.89. The number of carbonyl (C=O) groups excluding carboxylic acids is 1. The van der Waals surface area contributed by atoms with Crippen LogP contribution >= 0.6 is 15.9 Å². The van der Waals surface area contributed by atoms with Gasteiger partial charge in [-0.05, 0) is 86.5 Å². The Morgan fingerprint density at radius 1 is 1.18 bits per heavy atom. The minimum Gasteiger partial charge on any atom is -0.444 e. The predicted molar refractivity (Wildman–Crippen MR) is 138 cm³/mol. The Bertz CT molecular complexity index is 898. The maximum atomic E-state index is 12.7. The van der Waals surface area contributed by atoms with Crippen LogP contribution in [0.3, 0.4) is 0 Å². The Labute approximate surface area is 210 Å². The van der Waals surface area contributed by atoms with Gasteiger partial charge in [0.15, 0.2) is 0 Å². The second-order valence-corrected chi connectivity index (χ2v) is 14.4. The van der Waals surface area contributed by atoms with Gasteiger partial charge in [0.05, 0.1) is 17.3 Å². The van der Waals surface area contributed by atoms with Crippen molar-refractivity contribution < 1.29 is 14.0 Å². The van der Waals surface area contributed by atoms with E-state index < -0.39 is 11.2 Å². The first kappa shape index (κ1) is 26.5. The molecule has 2 radical (unpaired) electrons. The zero-order chi connectivity index (χ0) is 24.9. The summed E-state index contributed by atoms with van der Waals surface area (Å²) < 4.78 is 13.1. The summed E-state index contributed by atoms with van der Waals surface area (Å²) in [5, 5.41) is 0.109. The van der Waals surface area contributed by atoms with Crippen LogP contribution in [0.4, 0.5) is 10.6 Å². The van der Waals surface area contributed by atoms with Crippen LogP contribution in [0.15, 0.2) is 10.5 Å². The molecule has 1 aromatic heterocycles. The number of amides is 1. The topological polar surface area (TPSA) is 54.9 Å². The van der Waals surface area contributed by atoms with Gasteiger partial charge in [0.2, 0.25) is 9.76 Å². The van der Waals surface area contributed by atoms with Gasteiger partial charge < -0.3 is 19.0 Å². The number of nitrogens with zero attached hydrogens (tertiary/aromatic N) is 3. The molecule has 0 bridgehead atoms. The Morgan fingerprint density at radius 3 is 2.39 bits per heavy atom. The molecule has 3 rings (SSSR count). The molecule has 2 aliphatic heterocycles. The third-order valence-corrected chi connectivity index (χ3v) is 9.07. The SMILES string of the molecule is CC(C)C(C)(C)[Si]OC(C)(C)c1nc2c(cc1Br)C[C@@H]1CN(C(=O)OC(C)(C)C)C[C@@H](C)N21. The molecule has 6 nitrogen and oxygen atoms in total. The van der Waals surface area contributed by atoms with Crippen molar-refractivity contribution in [3.8, 4) is 0 Å². The third-order valence-electron chi connectivity index (χ3n) is 6.75. The van der Waals surface area contributed by atoms with E-state index in [9.17, 15) is 4.79 Å². The number of ether oxygens (including phenoxy) is 1. The lowest BCUT2D eigenvalue weighted by atomic mass is 9.99. The molecule has 1 saturated heterocycles. The fourth-order valence-electron chi connectivity index (χ4n) is 4.20. The number of halogens is 1. The van der Waals surface area contributed by atoms with Gasteiger partial charge in [0, 0.05) is 23.6 Å². The summed E-state index contributed by atoms with van der Waals surface area (Å²) in [5.41, 5.74) is 1.14. The highest BCUT2D eigenvalue weighted by Gasteiger charge is 2.43. The van der Waals surface area contributed by atoms with Crippen LogP contribution in [0.1, 0.15) is 80.5 Å². The third kappa shape index (κ3) is 5.76. The Morgan fingerprint density at radius 2 is 1.82 bits per heavy atom. The number of aromatic nitrogens is 1. The van der Waals surface area contributed by atoms with Crippen LogP contribution in [-0.2, 0) is 21.2 Å². The highest BCUT2D eigenvalue weighted by atomic mass is 79.9. The van der Waals surface area contributed by atoms with Crippen LogP contribution in [0.5, 0.6) is 0 Å². The van der Waals surface area contributed by atoms with Gasteiger partial charge in [-0.3, -0.25) is 0 Å². The largest absolute Gasteiger partial charge is 0.444 e. The summed E-state index contributed by atoms with van der Waals surface area (Å²) in [6.07, 6.45) is 0.636. The molecule has 8 heteroatoms. The molecule has 1 amide bonds. The molecule has 1 fully saturated rings.